The smallest absolute Gasteiger partial charge is 0.258 e. The maximum absolute atomic E-state index is 12.0. The minimum atomic E-state index is -0.208. The molecule has 0 saturated carbocycles. The fourth-order valence-corrected chi connectivity index (χ4v) is 3.51. The molecule has 0 aliphatic heterocycles. The number of thiophene rings is 1. The van der Waals surface area contributed by atoms with Gasteiger partial charge in [0.1, 0.15) is 18.1 Å². The van der Waals surface area contributed by atoms with Gasteiger partial charge >= 0.3 is 0 Å². The van der Waals surface area contributed by atoms with Gasteiger partial charge in [-0.3, -0.25) is 4.79 Å². The van der Waals surface area contributed by atoms with E-state index in [4.69, 9.17) is 9.47 Å². The lowest BCUT2D eigenvalue weighted by Crippen LogP contribution is -2.32. The molecule has 1 amide bonds. The van der Waals surface area contributed by atoms with Gasteiger partial charge in [0.15, 0.2) is 6.61 Å². The summed E-state index contributed by atoms with van der Waals surface area (Å²) in [6.45, 7) is 0.600. The van der Waals surface area contributed by atoms with Crippen molar-refractivity contribution in [2.24, 2.45) is 0 Å². The summed E-state index contributed by atoms with van der Waals surface area (Å²) in [5.74, 6) is 0.905. The van der Waals surface area contributed by atoms with Crippen molar-refractivity contribution in [3.63, 3.8) is 0 Å². The number of amides is 1. The Morgan fingerprint density at radius 2 is 1.83 bits per heavy atom. The van der Waals surface area contributed by atoms with Gasteiger partial charge < -0.3 is 14.8 Å². The molecule has 0 spiro atoms. The standard InChI is InChI=1S/C22H19N3O3S/c26-21(15-28-19-8-3-6-16-5-1-2-7-17(16)19)23-12-13-27-22-11-10-18(24-25-22)20-9-4-14-29-20/h1-11,14H,12-13,15H2,(H,23,26). The summed E-state index contributed by atoms with van der Waals surface area (Å²) >= 11 is 1.61. The first-order valence-electron chi connectivity index (χ1n) is 9.17. The van der Waals surface area contributed by atoms with Crippen LogP contribution in [0.1, 0.15) is 0 Å². The zero-order valence-corrected chi connectivity index (χ0v) is 16.4. The number of rotatable bonds is 8. The third-order valence-corrected chi connectivity index (χ3v) is 5.09. The monoisotopic (exact) mass is 405 g/mol. The third kappa shape index (κ3) is 4.89. The summed E-state index contributed by atoms with van der Waals surface area (Å²) in [4.78, 5) is 13.1. The van der Waals surface area contributed by atoms with Crippen molar-refractivity contribution in [1.82, 2.24) is 15.5 Å². The van der Waals surface area contributed by atoms with Crippen molar-refractivity contribution in [2.75, 3.05) is 19.8 Å². The number of hydrogen-bond donors (Lipinski definition) is 1. The normalized spacial score (nSPS) is 10.6. The number of carbonyl (C=O) groups is 1. The minimum absolute atomic E-state index is 0.0523. The Labute approximate surface area is 172 Å². The first-order valence-corrected chi connectivity index (χ1v) is 10.1. The number of ether oxygens (including phenoxy) is 2. The van der Waals surface area contributed by atoms with E-state index in [1.54, 1.807) is 17.4 Å². The van der Waals surface area contributed by atoms with Crippen molar-refractivity contribution in [2.45, 2.75) is 0 Å². The van der Waals surface area contributed by atoms with Gasteiger partial charge in [0.25, 0.3) is 5.91 Å². The van der Waals surface area contributed by atoms with Gasteiger partial charge in [-0.15, -0.1) is 21.5 Å². The Morgan fingerprint density at radius 1 is 0.931 bits per heavy atom. The van der Waals surface area contributed by atoms with Crippen LogP contribution in [0, 0.1) is 0 Å². The lowest BCUT2D eigenvalue weighted by atomic mass is 10.1. The average Bonchev–Trinajstić information content (AvgIpc) is 3.31. The van der Waals surface area contributed by atoms with Crippen LogP contribution in [-0.4, -0.2) is 35.9 Å². The number of nitrogens with zero attached hydrogens (tertiary/aromatic N) is 2. The second-order valence-corrected chi connectivity index (χ2v) is 7.15. The maximum Gasteiger partial charge on any atom is 0.258 e. The molecule has 4 aromatic rings. The molecule has 4 rings (SSSR count). The molecular weight excluding hydrogens is 386 g/mol. The molecule has 2 aromatic heterocycles. The molecule has 146 valence electrons. The van der Waals surface area contributed by atoms with E-state index < -0.39 is 0 Å². The highest BCUT2D eigenvalue weighted by Gasteiger charge is 2.06. The van der Waals surface area contributed by atoms with Crippen molar-refractivity contribution < 1.29 is 14.3 Å². The first-order chi connectivity index (χ1) is 14.3. The SMILES string of the molecule is O=C(COc1cccc2ccccc12)NCCOc1ccc(-c2cccs2)nn1. The van der Waals surface area contributed by atoms with E-state index in [0.717, 1.165) is 21.3 Å². The quantitative estimate of drug-likeness (QED) is 0.450. The van der Waals surface area contributed by atoms with Gasteiger partial charge in [-0.25, -0.2) is 0 Å². The molecule has 0 atom stereocenters. The number of carbonyl (C=O) groups excluding carboxylic acids is 1. The summed E-state index contributed by atoms with van der Waals surface area (Å²) in [5, 5.41) is 15.0. The molecule has 0 aliphatic carbocycles. The lowest BCUT2D eigenvalue weighted by molar-refractivity contribution is -0.123. The van der Waals surface area contributed by atoms with E-state index in [2.05, 4.69) is 15.5 Å². The molecule has 0 saturated heterocycles. The maximum atomic E-state index is 12.0. The van der Waals surface area contributed by atoms with E-state index in [9.17, 15) is 4.79 Å². The number of hydrogen-bond acceptors (Lipinski definition) is 6. The van der Waals surface area contributed by atoms with E-state index in [1.165, 1.54) is 0 Å². The summed E-state index contributed by atoms with van der Waals surface area (Å²) in [5.41, 5.74) is 0.811. The van der Waals surface area contributed by atoms with Crippen LogP contribution in [0.5, 0.6) is 11.6 Å². The van der Waals surface area contributed by atoms with Crippen LogP contribution in [0.3, 0.4) is 0 Å². The average molecular weight is 405 g/mol. The van der Waals surface area contributed by atoms with Crippen LogP contribution in [0.15, 0.2) is 72.1 Å². The summed E-state index contributed by atoms with van der Waals surface area (Å²) in [6, 6.07) is 21.3. The van der Waals surface area contributed by atoms with Crippen molar-refractivity contribution in [1.29, 1.82) is 0 Å². The molecule has 0 radical (unpaired) electrons. The molecule has 0 fully saturated rings. The Morgan fingerprint density at radius 3 is 2.66 bits per heavy atom. The number of aromatic nitrogens is 2. The summed E-state index contributed by atoms with van der Waals surface area (Å²) < 4.78 is 11.2. The predicted octanol–water partition coefficient (Wildman–Crippen LogP) is 3.93. The van der Waals surface area contributed by atoms with Crippen molar-refractivity contribution in [3.05, 3.63) is 72.1 Å². The van der Waals surface area contributed by atoms with Crippen molar-refractivity contribution in [3.8, 4) is 22.2 Å². The highest BCUT2D eigenvalue weighted by Crippen LogP contribution is 2.25. The Balaban J connectivity index is 1.20. The fourth-order valence-electron chi connectivity index (χ4n) is 2.81. The molecule has 0 unspecified atom stereocenters. The minimum Gasteiger partial charge on any atom is -0.483 e. The number of fused-ring (bicyclic) bond motifs is 1. The highest BCUT2D eigenvalue weighted by atomic mass is 32.1. The number of nitrogens with one attached hydrogen (secondary N) is 1. The summed E-state index contributed by atoms with van der Waals surface area (Å²) in [6.07, 6.45) is 0. The Bertz CT molecular complexity index is 1080. The fraction of sp³-hybridized carbons (Fsp3) is 0.136. The molecule has 1 N–H and O–H groups in total. The molecule has 29 heavy (non-hydrogen) atoms. The van der Waals surface area contributed by atoms with Gasteiger partial charge in [0, 0.05) is 11.5 Å². The second-order valence-electron chi connectivity index (χ2n) is 6.20. The van der Waals surface area contributed by atoms with E-state index >= 15 is 0 Å². The Kier molecular flexibility index (Phi) is 5.97. The van der Waals surface area contributed by atoms with Gasteiger partial charge in [-0.05, 0) is 29.0 Å². The molecule has 0 bridgehead atoms. The molecule has 6 nitrogen and oxygen atoms in total. The highest BCUT2D eigenvalue weighted by molar-refractivity contribution is 7.13. The topological polar surface area (TPSA) is 73.3 Å². The van der Waals surface area contributed by atoms with Crippen LogP contribution in [-0.2, 0) is 4.79 Å². The van der Waals surface area contributed by atoms with Crippen LogP contribution >= 0.6 is 11.3 Å². The van der Waals surface area contributed by atoms with Crippen LogP contribution in [0.4, 0.5) is 0 Å². The Hall–Kier alpha value is -3.45. The molecule has 7 heteroatoms. The van der Waals surface area contributed by atoms with E-state index in [0.29, 0.717) is 24.8 Å². The van der Waals surface area contributed by atoms with Crippen LogP contribution in [0.2, 0.25) is 0 Å². The molecular formula is C22H19N3O3S. The summed E-state index contributed by atoms with van der Waals surface area (Å²) in [7, 11) is 0. The largest absolute Gasteiger partial charge is 0.483 e. The first kappa shape index (κ1) is 18.9. The molecule has 2 aromatic carbocycles. The molecule has 0 aliphatic rings. The van der Waals surface area contributed by atoms with Crippen LogP contribution < -0.4 is 14.8 Å². The van der Waals surface area contributed by atoms with Crippen LogP contribution in [0.25, 0.3) is 21.3 Å². The second kappa shape index (κ2) is 9.16. The number of benzene rings is 2. The third-order valence-electron chi connectivity index (χ3n) is 4.20. The van der Waals surface area contributed by atoms with Gasteiger partial charge in [0.05, 0.1) is 11.4 Å². The van der Waals surface area contributed by atoms with Gasteiger partial charge in [0.2, 0.25) is 5.88 Å². The van der Waals surface area contributed by atoms with E-state index in [1.807, 2.05) is 66.0 Å². The lowest BCUT2D eigenvalue weighted by Gasteiger charge is -2.10. The zero-order valence-electron chi connectivity index (χ0n) is 15.6. The van der Waals surface area contributed by atoms with Crippen molar-refractivity contribution >= 4 is 28.0 Å². The predicted molar refractivity (Wildman–Crippen MR) is 113 cm³/mol. The molecule has 2 heterocycles. The van der Waals surface area contributed by atoms with Gasteiger partial charge in [-0.1, -0.05) is 42.5 Å². The zero-order chi connectivity index (χ0) is 19.9. The van der Waals surface area contributed by atoms with Gasteiger partial charge in [-0.2, -0.15) is 0 Å². The van der Waals surface area contributed by atoms with E-state index in [-0.39, 0.29) is 12.5 Å².